The Morgan fingerprint density at radius 3 is 3.00 bits per heavy atom. The van der Waals surface area contributed by atoms with E-state index in [0.717, 1.165) is 49.9 Å². The molecule has 0 aliphatic carbocycles. The molecule has 1 aromatic rings. The normalized spacial score (nSPS) is 23.8. The average molecular weight is 330 g/mol. The van der Waals surface area contributed by atoms with Crippen molar-refractivity contribution in [1.82, 2.24) is 10.2 Å². The van der Waals surface area contributed by atoms with Gasteiger partial charge in [-0.25, -0.2) is 0 Å². The Labute approximate surface area is 143 Å². The van der Waals surface area contributed by atoms with Gasteiger partial charge >= 0.3 is 0 Å². The minimum atomic E-state index is -0.0583. The van der Waals surface area contributed by atoms with Crippen LogP contribution < -0.4 is 10.6 Å². The quantitative estimate of drug-likeness (QED) is 0.655. The number of ether oxygens (including phenoxy) is 1. The van der Waals surface area contributed by atoms with Gasteiger partial charge in [0.1, 0.15) is 0 Å². The molecule has 1 aromatic carbocycles. The maximum absolute atomic E-state index is 11.2. The number of guanidine groups is 1. The Morgan fingerprint density at radius 2 is 2.29 bits per heavy atom. The maximum atomic E-state index is 11.2. The van der Waals surface area contributed by atoms with Crippen molar-refractivity contribution in [2.24, 2.45) is 10.4 Å². The van der Waals surface area contributed by atoms with Crippen molar-refractivity contribution in [2.75, 3.05) is 38.7 Å². The minimum Gasteiger partial charge on any atom is -0.381 e. The summed E-state index contributed by atoms with van der Waals surface area (Å²) in [4.78, 5) is 17.9. The predicted octanol–water partition coefficient (Wildman–Crippen LogP) is 1.83. The van der Waals surface area contributed by atoms with E-state index in [9.17, 15) is 4.79 Å². The number of hydrogen-bond donors (Lipinski definition) is 2. The zero-order chi connectivity index (χ0) is 17.0. The highest BCUT2D eigenvalue weighted by molar-refractivity contribution is 5.88. The van der Waals surface area contributed by atoms with Crippen LogP contribution in [0.15, 0.2) is 29.3 Å². The predicted molar refractivity (Wildman–Crippen MR) is 95.0 cm³/mol. The molecule has 2 N–H and O–H groups in total. The molecule has 2 aliphatic rings. The fraction of sp³-hybridized carbons (Fsp3) is 0.556. The molecule has 130 valence electrons. The molecule has 2 aliphatic heterocycles. The molecule has 1 atom stereocenters. The van der Waals surface area contributed by atoms with Crippen LogP contribution in [-0.2, 0) is 16.1 Å². The number of aliphatic imine (C=N–C) groups is 1. The number of hydrogen-bond acceptors (Lipinski definition) is 3. The van der Waals surface area contributed by atoms with E-state index >= 15 is 0 Å². The molecule has 0 aromatic heterocycles. The number of amides is 1. The number of nitrogens with zero attached hydrogens (tertiary/aromatic N) is 2. The Kier molecular flexibility index (Phi) is 5.04. The topological polar surface area (TPSA) is 66.0 Å². The second-order valence-corrected chi connectivity index (χ2v) is 6.76. The third kappa shape index (κ3) is 3.87. The van der Waals surface area contributed by atoms with Crippen molar-refractivity contribution in [3.63, 3.8) is 0 Å². The van der Waals surface area contributed by atoms with Crippen molar-refractivity contribution in [3.05, 3.63) is 29.8 Å². The highest BCUT2D eigenvalue weighted by atomic mass is 16.5. The monoisotopic (exact) mass is 330 g/mol. The van der Waals surface area contributed by atoms with E-state index in [1.807, 2.05) is 31.3 Å². The summed E-state index contributed by atoms with van der Waals surface area (Å²) in [6.45, 7) is 5.99. The molecule has 3 rings (SSSR count). The summed E-state index contributed by atoms with van der Waals surface area (Å²) >= 11 is 0. The molecule has 2 saturated heterocycles. The lowest BCUT2D eigenvalue weighted by Crippen LogP contribution is -2.41. The van der Waals surface area contributed by atoms with E-state index in [-0.39, 0.29) is 5.91 Å². The summed E-state index contributed by atoms with van der Waals surface area (Å²) in [5, 5.41) is 6.25. The van der Waals surface area contributed by atoms with Crippen LogP contribution in [0.25, 0.3) is 0 Å². The Bertz CT molecular complexity index is 623. The molecule has 1 amide bonds. The van der Waals surface area contributed by atoms with E-state index in [4.69, 9.17) is 4.74 Å². The standard InChI is InChI=1S/C18H26N4O2/c1-14(23)21-16-5-3-4-15(10-16)11-20-17(19-2)22-8-6-18(12-22)7-9-24-13-18/h3-5,10H,6-9,11-13H2,1-2H3,(H,19,20)(H,21,23). The third-order valence-electron chi connectivity index (χ3n) is 4.83. The molecule has 24 heavy (non-hydrogen) atoms. The number of carbonyl (C=O) groups excluding carboxylic acids is 1. The van der Waals surface area contributed by atoms with E-state index in [1.54, 1.807) is 0 Å². The van der Waals surface area contributed by atoms with Crippen molar-refractivity contribution in [3.8, 4) is 0 Å². The maximum Gasteiger partial charge on any atom is 0.221 e. The highest BCUT2D eigenvalue weighted by Crippen LogP contribution is 2.38. The molecule has 0 bridgehead atoms. The van der Waals surface area contributed by atoms with Gasteiger partial charge in [-0.3, -0.25) is 9.79 Å². The SMILES string of the molecule is CN=C(NCc1cccc(NC(C)=O)c1)N1CCC2(CCOC2)C1. The zero-order valence-corrected chi connectivity index (χ0v) is 14.5. The Balaban J connectivity index is 1.58. The van der Waals surface area contributed by atoms with Gasteiger partial charge in [-0.15, -0.1) is 0 Å². The lowest BCUT2D eigenvalue weighted by atomic mass is 9.87. The van der Waals surface area contributed by atoms with Crippen LogP contribution in [0, 0.1) is 5.41 Å². The van der Waals surface area contributed by atoms with E-state index in [1.165, 1.54) is 13.3 Å². The third-order valence-corrected chi connectivity index (χ3v) is 4.83. The van der Waals surface area contributed by atoms with Crippen molar-refractivity contribution < 1.29 is 9.53 Å². The van der Waals surface area contributed by atoms with Crippen LogP contribution in [0.5, 0.6) is 0 Å². The molecule has 0 saturated carbocycles. The summed E-state index contributed by atoms with van der Waals surface area (Å²) in [7, 11) is 1.83. The van der Waals surface area contributed by atoms with Gasteiger partial charge in [-0.2, -0.15) is 0 Å². The Morgan fingerprint density at radius 1 is 1.42 bits per heavy atom. The van der Waals surface area contributed by atoms with E-state index in [2.05, 4.69) is 20.5 Å². The largest absolute Gasteiger partial charge is 0.381 e. The molecule has 6 heteroatoms. The average Bonchev–Trinajstić information content (AvgIpc) is 3.18. The smallest absolute Gasteiger partial charge is 0.221 e. The summed E-state index contributed by atoms with van der Waals surface area (Å²) in [5.41, 5.74) is 2.25. The highest BCUT2D eigenvalue weighted by Gasteiger charge is 2.42. The summed E-state index contributed by atoms with van der Waals surface area (Å²) in [6.07, 6.45) is 2.32. The number of carbonyl (C=O) groups is 1. The molecular weight excluding hydrogens is 304 g/mol. The van der Waals surface area contributed by atoms with Gasteiger partial charge in [0.25, 0.3) is 0 Å². The number of benzene rings is 1. The van der Waals surface area contributed by atoms with Gasteiger partial charge in [-0.05, 0) is 30.5 Å². The first-order chi connectivity index (χ1) is 11.6. The van der Waals surface area contributed by atoms with E-state index in [0.29, 0.717) is 12.0 Å². The van der Waals surface area contributed by atoms with Crippen molar-refractivity contribution in [2.45, 2.75) is 26.3 Å². The van der Waals surface area contributed by atoms with Crippen LogP contribution in [0.4, 0.5) is 5.69 Å². The minimum absolute atomic E-state index is 0.0583. The molecule has 0 radical (unpaired) electrons. The van der Waals surface area contributed by atoms with Gasteiger partial charge in [0.15, 0.2) is 5.96 Å². The van der Waals surface area contributed by atoms with Crippen LogP contribution in [-0.4, -0.2) is 50.1 Å². The molecule has 2 heterocycles. The lowest BCUT2D eigenvalue weighted by molar-refractivity contribution is -0.114. The first-order valence-corrected chi connectivity index (χ1v) is 8.50. The zero-order valence-electron chi connectivity index (χ0n) is 14.5. The van der Waals surface area contributed by atoms with Crippen LogP contribution in [0.3, 0.4) is 0 Å². The first kappa shape index (κ1) is 16.8. The Hall–Kier alpha value is -2.08. The second-order valence-electron chi connectivity index (χ2n) is 6.76. The number of anilines is 1. The van der Waals surface area contributed by atoms with Crippen LogP contribution >= 0.6 is 0 Å². The van der Waals surface area contributed by atoms with Gasteiger partial charge in [0, 0.05) is 51.3 Å². The number of rotatable bonds is 3. The molecule has 1 spiro atoms. The molecule has 2 fully saturated rings. The molecular formula is C18H26N4O2. The summed E-state index contributed by atoms with van der Waals surface area (Å²) in [6, 6.07) is 7.87. The van der Waals surface area contributed by atoms with Gasteiger partial charge in [0.2, 0.25) is 5.91 Å². The van der Waals surface area contributed by atoms with Gasteiger partial charge in [0.05, 0.1) is 6.61 Å². The molecule has 1 unspecified atom stereocenters. The van der Waals surface area contributed by atoms with E-state index < -0.39 is 0 Å². The van der Waals surface area contributed by atoms with Gasteiger partial charge < -0.3 is 20.3 Å². The first-order valence-electron chi connectivity index (χ1n) is 8.50. The summed E-state index contributed by atoms with van der Waals surface area (Å²) < 4.78 is 5.60. The van der Waals surface area contributed by atoms with Crippen molar-refractivity contribution >= 4 is 17.6 Å². The van der Waals surface area contributed by atoms with Crippen LogP contribution in [0.1, 0.15) is 25.3 Å². The fourth-order valence-corrected chi connectivity index (χ4v) is 3.56. The molecule has 6 nitrogen and oxygen atoms in total. The lowest BCUT2D eigenvalue weighted by Gasteiger charge is -2.25. The fourth-order valence-electron chi connectivity index (χ4n) is 3.56. The van der Waals surface area contributed by atoms with Crippen molar-refractivity contribution in [1.29, 1.82) is 0 Å². The number of nitrogens with one attached hydrogen (secondary N) is 2. The van der Waals surface area contributed by atoms with Crippen LogP contribution in [0.2, 0.25) is 0 Å². The summed E-state index contributed by atoms with van der Waals surface area (Å²) in [5.74, 6) is 0.876. The number of likely N-dealkylation sites (tertiary alicyclic amines) is 1. The van der Waals surface area contributed by atoms with Gasteiger partial charge in [-0.1, -0.05) is 12.1 Å². The second kappa shape index (κ2) is 7.21.